The molecule has 0 aliphatic rings. The SMILES string of the molecule is N=c1nc2c(cc3ccc(N(c4ccccc4)c4cccc5ccccc45)cc3n2-c2ccccc2)c2nc3ccccc3n12. The molecule has 0 spiro atoms. The maximum atomic E-state index is 9.01. The van der Waals surface area contributed by atoms with Crippen LogP contribution in [0.3, 0.4) is 0 Å². The molecule has 1 N–H and O–H groups in total. The van der Waals surface area contributed by atoms with Crippen molar-refractivity contribution in [3.05, 3.63) is 157 Å². The van der Waals surface area contributed by atoms with E-state index in [2.05, 4.69) is 113 Å². The Labute approximate surface area is 258 Å². The lowest BCUT2D eigenvalue weighted by Crippen LogP contribution is -2.19. The van der Waals surface area contributed by atoms with Crippen molar-refractivity contribution in [3.8, 4) is 5.69 Å². The summed E-state index contributed by atoms with van der Waals surface area (Å²) in [5.41, 5.74) is 8.42. The van der Waals surface area contributed by atoms with Gasteiger partial charge in [0.15, 0.2) is 11.3 Å². The summed E-state index contributed by atoms with van der Waals surface area (Å²) in [5, 5.41) is 13.3. The third-order valence-electron chi connectivity index (χ3n) is 8.53. The fourth-order valence-corrected chi connectivity index (χ4v) is 6.53. The van der Waals surface area contributed by atoms with Gasteiger partial charge >= 0.3 is 0 Å². The lowest BCUT2D eigenvalue weighted by Gasteiger charge is -2.27. The van der Waals surface area contributed by atoms with Crippen molar-refractivity contribution in [2.75, 3.05) is 4.90 Å². The summed E-state index contributed by atoms with van der Waals surface area (Å²) in [6.07, 6.45) is 0. The zero-order chi connectivity index (χ0) is 29.9. The van der Waals surface area contributed by atoms with Gasteiger partial charge in [0.25, 0.3) is 0 Å². The van der Waals surface area contributed by atoms with Crippen LogP contribution in [0, 0.1) is 5.41 Å². The number of para-hydroxylation sites is 4. The van der Waals surface area contributed by atoms with Crippen LogP contribution in [0.2, 0.25) is 0 Å². The molecule has 0 radical (unpaired) electrons. The first-order valence-electron chi connectivity index (χ1n) is 14.9. The monoisotopic (exact) mass is 578 g/mol. The van der Waals surface area contributed by atoms with Gasteiger partial charge in [0.1, 0.15) is 0 Å². The molecule has 9 rings (SSSR count). The molecule has 3 aromatic heterocycles. The Hall–Kier alpha value is -6.27. The molecule has 0 bridgehead atoms. The van der Waals surface area contributed by atoms with E-state index in [-0.39, 0.29) is 5.62 Å². The highest BCUT2D eigenvalue weighted by atomic mass is 15.2. The number of nitrogens with zero attached hydrogens (tertiary/aromatic N) is 5. The molecule has 0 saturated heterocycles. The Morgan fingerprint density at radius 3 is 2.11 bits per heavy atom. The first kappa shape index (κ1) is 25.2. The van der Waals surface area contributed by atoms with E-state index in [1.165, 1.54) is 10.8 Å². The van der Waals surface area contributed by atoms with E-state index in [9.17, 15) is 0 Å². The molecule has 0 unspecified atom stereocenters. The van der Waals surface area contributed by atoms with Crippen LogP contribution in [0.25, 0.3) is 55.1 Å². The molecule has 0 aliphatic heterocycles. The Morgan fingerprint density at radius 2 is 1.24 bits per heavy atom. The van der Waals surface area contributed by atoms with Gasteiger partial charge < -0.3 is 4.90 Å². The molecule has 0 aliphatic carbocycles. The van der Waals surface area contributed by atoms with E-state index >= 15 is 0 Å². The molecular formula is C39H26N6. The minimum Gasteiger partial charge on any atom is -0.310 e. The highest BCUT2D eigenvalue weighted by Gasteiger charge is 2.19. The number of fused-ring (bicyclic) bond motifs is 7. The fourth-order valence-electron chi connectivity index (χ4n) is 6.53. The normalized spacial score (nSPS) is 11.6. The van der Waals surface area contributed by atoms with Gasteiger partial charge in [-0.3, -0.25) is 14.4 Å². The minimum absolute atomic E-state index is 0.146. The minimum atomic E-state index is 0.146. The third-order valence-corrected chi connectivity index (χ3v) is 8.53. The van der Waals surface area contributed by atoms with E-state index in [0.29, 0.717) is 5.65 Å². The zero-order valence-electron chi connectivity index (χ0n) is 24.2. The average Bonchev–Trinajstić information content (AvgIpc) is 3.49. The number of nitrogens with one attached hydrogen (secondary N) is 1. The van der Waals surface area contributed by atoms with Gasteiger partial charge in [-0.25, -0.2) is 4.98 Å². The van der Waals surface area contributed by atoms with Gasteiger partial charge in [0.05, 0.1) is 27.6 Å². The molecule has 3 heterocycles. The Kier molecular flexibility index (Phi) is 5.55. The van der Waals surface area contributed by atoms with E-state index < -0.39 is 0 Å². The first-order chi connectivity index (χ1) is 22.2. The molecular weight excluding hydrogens is 552 g/mol. The fraction of sp³-hybridized carbons (Fsp3) is 0. The van der Waals surface area contributed by atoms with Crippen LogP contribution < -0.4 is 10.5 Å². The number of aromatic nitrogens is 4. The number of hydrogen-bond donors (Lipinski definition) is 1. The van der Waals surface area contributed by atoms with Crippen LogP contribution in [0.1, 0.15) is 0 Å². The second-order valence-electron chi connectivity index (χ2n) is 11.2. The lowest BCUT2D eigenvalue weighted by molar-refractivity contribution is 0.937. The summed E-state index contributed by atoms with van der Waals surface area (Å²) in [5.74, 6) is 0. The first-order valence-corrected chi connectivity index (χ1v) is 14.9. The van der Waals surface area contributed by atoms with E-state index in [0.717, 1.165) is 55.7 Å². The van der Waals surface area contributed by atoms with Crippen molar-refractivity contribution >= 4 is 66.5 Å². The van der Waals surface area contributed by atoms with Crippen molar-refractivity contribution in [2.24, 2.45) is 0 Å². The second-order valence-corrected chi connectivity index (χ2v) is 11.2. The summed E-state index contributed by atoms with van der Waals surface area (Å²) in [7, 11) is 0. The molecule has 6 aromatic carbocycles. The zero-order valence-corrected chi connectivity index (χ0v) is 24.2. The number of hydrogen-bond acceptors (Lipinski definition) is 4. The number of pyridine rings is 1. The third kappa shape index (κ3) is 3.93. The van der Waals surface area contributed by atoms with Crippen molar-refractivity contribution in [1.82, 2.24) is 18.9 Å². The van der Waals surface area contributed by atoms with Crippen molar-refractivity contribution in [1.29, 1.82) is 5.41 Å². The predicted molar refractivity (Wildman–Crippen MR) is 183 cm³/mol. The van der Waals surface area contributed by atoms with Gasteiger partial charge in [-0.1, -0.05) is 91.0 Å². The number of anilines is 3. The van der Waals surface area contributed by atoms with Crippen LogP contribution in [0.15, 0.2) is 152 Å². The van der Waals surface area contributed by atoms with Gasteiger partial charge in [-0.15, -0.1) is 0 Å². The second kappa shape index (κ2) is 9.89. The van der Waals surface area contributed by atoms with Gasteiger partial charge in [-0.2, -0.15) is 4.98 Å². The molecule has 0 fully saturated rings. The van der Waals surface area contributed by atoms with E-state index in [4.69, 9.17) is 15.4 Å². The molecule has 0 saturated carbocycles. The number of rotatable bonds is 4. The maximum Gasteiger partial charge on any atom is 0.230 e. The quantitative estimate of drug-likeness (QED) is 0.212. The Bertz CT molecular complexity index is 2620. The number of imidazole rings is 1. The Balaban J connectivity index is 1.39. The summed E-state index contributed by atoms with van der Waals surface area (Å²) >= 11 is 0. The van der Waals surface area contributed by atoms with Crippen LogP contribution in [-0.2, 0) is 0 Å². The summed E-state index contributed by atoms with van der Waals surface area (Å²) < 4.78 is 4.00. The van der Waals surface area contributed by atoms with Crippen molar-refractivity contribution in [2.45, 2.75) is 0 Å². The maximum absolute atomic E-state index is 9.01. The molecule has 45 heavy (non-hydrogen) atoms. The van der Waals surface area contributed by atoms with Gasteiger partial charge in [-0.05, 0) is 71.4 Å². The topological polar surface area (TPSA) is 62.2 Å². The molecule has 212 valence electrons. The van der Waals surface area contributed by atoms with Crippen molar-refractivity contribution in [3.63, 3.8) is 0 Å². The van der Waals surface area contributed by atoms with Crippen LogP contribution >= 0.6 is 0 Å². The molecule has 0 atom stereocenters. The largest absolute Gasteiger partial charge is 0.310 e. The Morgan fingerprint density at radius 1 is 0.511 bits per heavy atom. The highest BCUT2D eigenvalue weighted by Crippen LogP contribution is 2.40. The van der Waals surface area contributed by atoms with Gasteiger partial charge in [0.2, 0.25) is 5.62 Å². The summed E-state index contributed by atoms with van der Waals surface area (Å²) in [6, 6.07) is 52.4. The molecule has 0 amide bonds. The highest BCUT2D eigenvalue weighted by molar-refractivity contribution is 6.04. The van der Waals surface area contributed by atoms with Crippen LogP contribution in [-0.4, -0.2) is 18.9 Å². The van der Waals surface area contributed by atoms with Crippen LogP contribution in [0.5, 0.6) is 0 Å². The standard InChI is InChI=1S/C39H26N6/c40-39-42-38-32(37-41-33-19-9-10-20-35(33)45(37)39)24-27-22-23-30(25-36(27)44(38)29-16-5-2-6-17-29)43(28-14-3-1-4-15-28)34-21-11-13-26-12-7-8-18-31(26)34/h1-25,40H. The predicted octanol–water partition coefficient (Wildman–Crippen LogP) is 9.08. The molecule has 6 nitrogen and oxygen atoms in total. The molecule has 9 aromatic rings. The van der Waals surface area contributed by atoms with E-state index in [1.807, 2.05) is 52.9 Å². The van der Waals surface area contributed by atoms with Crippen molar-refractivity contribution < 1.29 is 0 Å². The van der Waals surface area contributed by atoms with E-state index in [1.54, 1.807) is 0 Å². The number of benzene rings is 6. The lowest BCUT2D eigenvalue weighted by atomic mass is 10.1. The molecule has 6 heteroatoms. The smallest absolute Gasteiger partial charge is 0.230 e. The summed E-state index contributed by atoms with van der Waals surface area (Å²) in [4.78, 5) is 12.2. The summed E-state index contributed by atoms with van der Waals surface area (Å²) in [6.45, 7) is 0. The van der Waals surface area contributed by atoms with Gasteiger partial charge in [0, 0.05) is 22.4 Å². The average molecular weight is 579 g/mol. The van der Waals surface area contributed by atoms with Crippen LogP contribution in [0.4, 0.5) is 17.1 Å².